The van der Waals surface area contributed by atoms with Gasteiger partial charge in [-0.1, -0.05) is 30.3 Å². The Bertz CT molecular complexity index is 726. The summed E-state index contributed by atoms with van der Waals surface area (Å²) in [4.78, 5) is 0. The molecule has 0 bridgehead atoms. The maximum absolute atomic E-state index is 12.4. The molecule has 23 heavy (non-hydrogen) atoms. The van der Waals surface area contributed by atoms with Gasteiger partial charge in [-0.05, 0) is 19.4 Å². The summed E-state index contributed by atoms with van der Waals surface area (Å²) in [5, 5.41) is 4.31. The van der Waals surface area contributed by atoms with Crippen molar-refractivity contribution in [3.63, 3.8) is 0 Å². The van der Waals surface area contributed by atoms with E-state index in [0.717, 1.165) is 11.1 Å². The van der Waals surface area contributed by atoms with Crippen LogP contribution in [-0.4, -0.2) is 46.9 Å². The van der Waals surface area contributed by atoms with Gasteiger partial charge >= 0.3 is 0 Å². The quantitative estimate of drug-likeness (QED) is 0.776. The average Bonchev–Trinajstić information content (AvgIpc) is 2.94. The summed E-state index contributed by atoms with van der Waals surface area (Å²) in [6, 6.07) is 9.95. The van der Waals surface area contributed by atoms with Crippen LogP contribution in [0.15, 0.2) is 42.7 Å². The Morgan fingerprint density at radius 1 is 1.13 bits per heavy atom. The molecular weight excluding hydrogens is 312 g/mol. The molecule has 0 saturated carbocycles. The molecule has 0 unspecified atom stereocenters. The summed E-state index contributed by atoms with van der Waals surface area (Å²) >= 11 is 0. The fourth-order valence-corrected chi connectivity index (χ4v) is 3.45. The Morgan fingerprint density at radius 2 is 1.78 bits per heavy atom. The van der Waals surface area contributed by atoms with Crippen molar-refractivity contribution in [2.24, 2.45) is 0 Å². The van der Waals surface area contributed by atoms with Crippen LogP contribution in [0.5, 0.6) is 0 Å². The Kier molecular flexibility index (Phi) is 5.56. The molecule has 126 valence electrons. The fraction of sp³-hybridized carbons (Fsp3) is 0.438. The zero-order valence-electron chi connectivity index (χ0n) is 14.0. The number of hydrogen-bond donors (Lipinski definition) is 0. The lowest BCUT2D eigenvalue weighted by molar-refractivity contribution is 0.355. The smallest absolute Gasteiger partial charge is 0.268 e. The molecule has 0 aliphatic heterocycles. The van der Waals surface area contributed by atoms with Crippen LogP contribution in [0.4, 0.5) is 0 Å². The molecule has 1 aromatic heterocycles. The van der Waals surface area contributed by atoms with Gasteiger partial charge in [0.2, 0.25) is 0 Å². The van der Waals surface area contributed by atoms with Crippen molar-refractivity contribution in [2.45, 2.75) is 33.0 Å². The SMILES string of the molecule is CC(C)N(C)S(=O)(=O)N(C)Cc1cnn(Cc2ccccc2)c1. The lowest BCUT2D eigenvalue weighted by atomic mass is 10.2. The van der Waals surface area contributed by atoms with Crippen molar-refractivity contribution >= 4 is 10.2 Å². The minimum atomic E-state index is -3.46. The van der Waals surface area contributed by atoms with Gasteiger partial charge in [-0.25, -0.2) is 0 Å². The number of benzene rings is 1. The van der Waals surface area contributed by atoms with Gasteiger partial charge in [-0.3, -0.25) is 4.68 Å². The minimum Gasteiger partial charge on any atom is -0.268 e. The molecule has 0 aliphatic carbocycles. The molecule has 0 spiro atoms. The van der Waals surface area contributed by atoms with Crippen LogP contribution in [-0.2, 0) is 23.3 Å². The molecule has 0 atom stereocenters. The van der Waals surface area contributed by atoms with Crippen LogP contribution >= 0.6 is 0 Å². The van der Waals surface area contributed by atoms with Gasteiger partial charge in [0.1, 0.15) is 0 Å². The third kappa shape index (κ3) is 4.40. The molecule has 2 aromatic rings. The van der Waals surface area contributed by atoms with E-state index in [2.05, 4.69) is 5.10 Å². The van der Waals surface area contributed by atoms with Crippen LogP contribution < -0.4 is 0 Å². The molecular formula is C16H24N4O2S. The fourth-order valence-electron chi connectivity index (χ4n) is 2.17. The van der Waals surface area contributed by atoms with E-state index in [0.29, 0.717) is 13.1 Å². The van der Waals surface area contributed by atoms with Crippen molar-refractivity contribution in [1.82, 2.24) is 18.4 Å². The lowest BCUT2D eigenvalue weighted by Crippen LogP contribution is -2.42. The molecule has 7 heteroatoms. The number of rotatable bonds is 7. The second kappa shape index (κ2) is 7.25. The second-order valence-corrected chi connectivity index (χ2v) is 8.00. The van der Waals surface area contributed by atoms with Gasteiger partial charge in [-0.15, -0.1) is 0 Å². The number of nitrogens with zero attached hydrogens (tertiary/aromatic N) is 4. The van der Waals surface area contributed by atoms with Crippen molar-refractivity contribution < 1.29 is 8.42 Å². The normalized spacial score (nSPS) is 12.5. The molecule has 0 radical (unpaired) electrons. The van der Waals surface area contributed by atoms with E-state index < -0.39 is 10.2 Å². The molecule has 2 rings (SSSR count). The predicted molar refractivity (Wildman–Crippen MR) is 91.1 cm³/mol. The van der Waals surface area contributed by atoms with Gasteiger partial charge in [-0.2, -0.15) is 22.1 Å². The van der Waals surface area contributed by atoms with Gasteiger partial charge in [0.15, 0.2) is 0 Å². The molecule has 0 aliphatic rings. The standard InChI is InChI=1S/C16H24N4O2S/c1-14(2)19(4)23(21,22)18(3)11-16-10-17-20(13-16)12-15-8-6-5-7-9-15/h5-10,13-14H,11-12H2,1-4H3. The largest absolute Gasteiger partial charge is 0.282 e. The highest BCUT2D eigenvalue weighted by Gasteiger charge is 2.25. The summed E-state index contributed by atoms with van der Waals surface area (Å²) < 4.78 is 29.3. The van der Waals surface area contributed by atoms with Crippen LogP contribution in [0.25, 0.3) is 0 Å². The van der Waals surface area contributed by atoms with Gasteiger partial charge in [0.05, 0.1) is 12.7 Å². The van der Waals surface area contributed by atoms with Crippen molar-refractivity contribution in [2.75, 3.05) is 14.1 Å². The molecule has 0 fully saturated rings. The Labute approximate surface area is 138 Å². The Morgan fingerprint density at radius 3 is 2.39 bits per heavy atom. The summed E-state index contributed by atoms with van der Waals surface area (Å²) in [7, 11) is -0.278. The lowest BCUT2D eigenvalue weighted by Gasteiger charge is -2.26. The topological polar surface area (TPSA) is 58.4 Å². The van der Waals surface area contributed by atoms with Gasteiger partial charge < -0.3 is 0 Å². The summed E-state index contributed by atoms with van der Waals surface area (Å²) in [6.07, 6.45) is 3.60. The molecule has 0 N–H and O–H groups in total. The number of hydrogen-bond acceptors (Lipinski definition) is 3. The predicted octanol–water partition coefficient (Wildman–Crippen LogP) is 1.95. The second-order valence-electron chi connectivity index (χ2n) is 5.91. The van der Waals surface area contributed by atoms with Gasteiger partial charge in [0.25, 0.3) is 10.2 Å². The Hall–Kier alpha value is -1.70. The monoisotopic (exact) mass is 336 g/mol. The molecule has 0 saturated heterocycles. The van der Waals surface area contributed by atoms with E-state index in [9.17, 15) is 8.42 Å². The first-order valence-corrected chi connectivity index (χ1v) is 8.95. The molecule has 1 aromatic carbocycles. The molecule has 6 nitrogen and oxygen atoms in total. The first kappa shape index (κ1) is 17.7. The maximum Gasteiger partial charge on any atom is 0.282 e. The minimum absolute atomic E-state index is 0.0803. The van der Waals surface area contributed by atoms with E-state index in [1.807, 2.05) is 55.1 Å². The van der Waals surface area contributed by atoms with E-state index in [1.165, 1.54) is 8.61 Å². The van der Waals surface area contributed by atoms with E-state index in [1.54, 1.807) is 20.3 Å². The maximum atomic E-state index is 12.4. The summed E-state index contributed by atoms with van der Waals surface area (Å²) in [5.41, 5.74) is 2.02. The van der Waals surface area contributed by atoms with E-state index in [4.69, 9.17) is 0 Å². The zero-order valence-corrected chi connectivity index (χ0v) is 14.9. The number of aromatic nitrogens is 2. The zero-order chi connectivity index (χ0) is 17.0. The summed E-state index contributed by atoms with van der Waals surface area (Å²) in [6.45, 7) is 4.67. The average molecular weight is 336 g/mol. The van der Waals surface area contributed by atoms with Crippen molar-refractivity contribution in [1.29, 1.82) is 0 Å². The van der Waals surface area contributed by atoms with Gasteiger partial charge in [0, 0.05) is 38.4 Å². The highest BCUT2D eigenvalue weighted by Crippen LogP contribution is 2.12. The van der Waals surface area contributed by atoms with Crippen LogP contribution in [0.1, 0.15) is 25.0 Å². The highest BCUT2D eigenvalue weighted by molar-refractivity contribution is 7.86. The Balaban J connectivity index is 2.04. The first-order chi connectivity index (χ1) is 10.8. The molecule has 1 heterocycles. The van der Waals surface area contributed by atoms with Crippen LogP contribution in [0.3, 0.4) is 0 Å². The van der Waals surface area contributed by atoms with Crippen molar-refractivity contribution in [3.05, 3.63) is 53.9 Å². The van der Waals surface area contributed by atoms with Crippen molar-refractivity contribution in [3.8, 4) is 0 Å². The van der Waals surface area contributed by atoms with Crippen LogP contribution in [0, 0.1) is 0 Å². The third-order valence-corrected chi connectivity index (χ3v) is 5.83. The molecule has 0 amide bonds. The highest BCUT2D eigenvalue weighted by atomic mass is 32.2. The van der Waals surface area contributed by atoms with Crippen LogP contribution in [0.2, 0.25) is 0 Å². The van der Waals surface area contributed by atoms with E-state index in [-0.39, 0.29) is 6.04 Å². The summed E-state index contributed by atoms with van der Waals surface area (Å²) in [5.74, 6) is 0. The third-order valence-electron chi connectivity index (χ3n) is 3.76. The van der Waals surface area contributed by atoms with E-state index >= 15 is 0 Å². The first-order valence-electron chi connectivity index (χ1n) is 7.55.